The second-order valence-electron chi connectivity index (χ2n) is 8.61. The molecule has 0 saturated heterocycles. The third-order valence-corrected chi connectivity index (χ3v) is 5.96. The van der Waals surface area contributed by atoms with Crippen LogP contribution in [0.15, 0.2) is 66.6 Å². The lowest BCUT2D eigenvalue weighted by Crippen LogP contribution is -2.10. The fourth-order valence-corrected chi connectivity index (χ4v) is 4.09. The molecule has 0 amide bonds. The van der Waals surface area contributed by atoms with Gasteiger partial charge in [-0.3, -0.25) is 0 Å². The smallest absolute Gasteiger partial charge is 0.134 e. The summed E-state index contributed by atoms with van der Waals surface area (Å²) >= 11 is 0. The summed E-state index contributed by atoms with van der Waals surface area (Å²) < 4.78 is 25.7. The molecular formula is C27H30FN3O2. The average Bonchev–Trinajstić information content (AvgIpc) is 3.34. The van der Waals surface area contributed by atoms with Crippen LogP contribution in [-0.2, 0) is 6.61 Å². The fourth-order valence-electron chi connectivity index (χ4n) is 4.09. The van der Waals surface area contributed by atoms with Gasteiger partial charge in [0, 0.05) is 55.1 Å². The van der Waals surface area contributed by atoms with Gasteiger partial charge >= 0.3 is 0 Å². The van der Waals surface area contributed by atoms with Crippen molar-refractivity contribution in [2.75, 3.05) is 11.9 Å². The summed E-state index contributed by atoms with van der Waals surface area (Å²) in [5.41, 5.74) is 3.31. The molecule has 5 nitrogen and oxygen atoms in total. The highest BCUT2D eigenvalue weighted by Crippen LogP contribution is 2.32. The molecule has 172 valence electrons. The molecule has 1 aromatic heterocycles. The number of nitrogens with zero attached hydrogens (tertiary/aromatic N) is 3. The molecular weight excluding hydrogens is 417 g/mol. The van der Waals surface area contributed by atoms with Crippen LogP contribution in [0.3, 0.4) is 0 Å². The van der Waals surface area contributed by atoms with Crippen molar-refractivity contribution in [1.29, 1.82) is 0 Å². The molecule has 0 atom stereocenters. The summed E-state index contributed by atoms with van der Waals surface area (Å²) in [6.07, 6.45) is 10.9. The number of rotatable bonds is 8. The van der Waals surface area contributed by atoms with Crippen LogP contribution in [0.25, 0.3) is 0 Å². The number of benzene rings is 2. The normalized spacial score (nSPS) is 14.4. The molecule has 1 heterocycles. The van der Waals surface area contributed by atoms with Gasteiger partial charge < -0.3 is 14.4 Å². The number of hydrogen-bond acceptors (Lipinski definition) is 5. The van der Waals surface area contributed by atoms with Crippen molar-refractivity contribution in [2.45, 2.75) is 46.1 Å². The zero-order valence-corrected chi connectivity index (χ0v) is 19.4. The van der Waals surface area contributed by atoms with E-state index >= 15 is 0 Å². The SMILES string of the molecule is CC(=CN(C)c1ccc(Oc2cc(F)cc(OCc3cnc(C)nc3)c2)cc1)C1CCCC1. The number of aryl methyl sites for hydroxylation is 1. The van der Waals surface area contributed by atoms with E-state index in [1.54, 1.807) is 18.5 Å². The van der Waals surface area contributed by atoms with E-state index in [0.29, 0.717) is 29.0 Å². The molecule has 33 heavy (non-hydrogen) atoms. The van der Waals surface area contributed by atoms with Gasteiger partial charge in [0.25, 0.3) is 0 Å². The van der Waals surface area contributed by atoms with E-state index in [4.69, 9.17) is 9.47 Å². The Morgan fingerprint density at radius 1 is 1.03 bits per heavy atom. The van der Waals surface area contributed by atoms with Crippen molar-refractivity contribution < 1.29 is 13.9 Å². The van der Waals surface area contributed by atoms with Crippen LogP contribution in [0.1, 0.15) is 44.0 Å². The molecule has 1 aliphatic carbocycles. The minimum absolute atomic E-state index is 0.248. The van der Waals surface area contributed by atoms with Crippen molar-refractivity contribution >= 4 is 5.69 Å². The molecule has 0 unspecified atom stereocenters. The Kier molecular flexibility index (Phi) is 7.23. The molecule has 1 saturated carbocycles. The lowest BCUT2D eigenvalue weighted by Gasteiger charge is -2.19. The van der Waals surface area contributed by atoms with Gasteiger partial charge in [-0.2, -0.15) is 0 Å². The minimum Gasteiger partial charge on any atom is -0.489 e. The largest absolute Gasteiger partial charge is 0.489 e. The number of allylic oxidation sites excluding steroid dienone is 1. The molecule has 0 spiro atoms. The standard InChI is InChI=1S/C27H30FN3O2/c1-19(22-6-4-5-7-22)17-31(3)24-8-10-25(11-9-24)33-27-13-23(28)12-26(14-27)32-18-21-15-29-20(2)30-16-21/h8-17,22H,4-7,18H2,1-3H3. The van der Waals surface area contributed by atoms with Gasteiger partial charge in [0.1, 0.15) is 35.5 Å². The minimum atomic E-state index is -0.425. The maximum atomic E-state index is 14.1. The third-order valence-electron chi connectivity index (χ3n) is 5.96. The Morgan fingerprint density at radius 3 is 2.39 bits per heavy atom. The summed E-state index contributed by atoms with van der Waals surface area (Å²) in [5.74, 6) is 2.37. The third kappa shape index (κ3) is 6.31. The Morgan fingerprint density at radius 2 is 1.70 bits per heavy atom. The molecule has 4 rings (SSSR count). The zero-order chi connectivity index (χ0) is 23.2. The van der Waals surface area contributed by atoms with Crippen molar-refractivity contribution in [3.05, 3.63) is 83.8 Å². The summed E-state index contributed by atoms with van der Waals surface area (Å²) in [6, 6.07) is 12.1. The highest BCUT2D eigenvalue weighted by atomic mass is 19.1. The first-order chi connectivity index (χ1) is 16.0. The van der Waals surface area contributed by atoms with Crippen molar-refractivity contribution in [2.24, 2.45) is 5.92 Å². The van der Waals surface area contributed by atoms with Crippen LogP contribution in [0, 0.1) is 18.7 Å². The molecule has 1 fully saturated rings. The van der Waals surface area contributed by atoms with Gasteiger partial charge in [-0.05, 0) is 56.9 Å². The maximum absolute atomic E-state index is 14.1. The van der Waals surface area contributed by atoms with Gasteiger partial charge in [0.15, 0.2) is 0 Å². The number of anilines is 1. The van der Waals surface area contributed by atoms with Gasteiger partial charge in [0.05, 0.1) is 0 Å². The molecule has 3 aromatic rings. The van der Waals surface area contributed by atoms with E-state index in [1.165, 1.54) is 43.4 Å². The molecule has 0 N–H and O–H groups in total. The number of halogens is 1. The van der Waals surface area contributed by atoms with E-state index < -0.39 is 5.82 Å². The summed E-state index contributed by atoms with van der Waals surface area (Å²) in [5, 5.41) is 0. The van der Waals surface area contributed by atoms with E-state index in [-0.39, 0.29) is 6.61 Å². The van der Waals surface area contributed by atoms with Crippen molar-refractivity contribution in [3.8, 4) is 17.2 Å². The number of hydrogen-bond donors (Lipinski definition) is 0. The molecule has 1 aliphatic rings. The van der Waals surface area contributed by atoms with E-state index in [2.05, 4.69) is 35.0 Å². The molecule has 0 bridgehead atoms. The molecule has 2 aromatic carbocycles. The van der Waals surface area contributed by atoms with E-state index in [9.17, 15) is 4.39 Å². The fraction of sp³-hybridized carbons (Fsp3) is 0.333. The zero-order valence-electron chi connectivity index (χ0n) is 19.4. The number of aromatic nitrogens is 2. The molecule has 0 radical (unpaired) electrons. The first kappa shape index (κ1) is 22.8. The Balaban J connectivity index is 1.39. The predicted molar refractivity (Wildman–Crippen MR) is 128 cm³/mol. The van der Waals surface area contributed by atoms with Gasteiger partial charge in [0.2, 0.25) is 0 Å². The van der Waals surface area contributed by atoms with Crippen molar-refractivity contribution in [1.82, 2.24) is 9.97 Å². The highest BCUT2D eigenvalue weighted by Gasteiger charge is 2.17. The summed E-state index contributed by atoms with van der Waals surface area (Å²) in [4.78, 5) is 10.4. The van der Waals surface area contributed by atoms with Crippen LogP contribution in [0.2, 0.25) is 0 Å². The second-order valence-corrected chi connectivity index (χ2v) is 8.61. The second kappa shape index (κ2) is 10.5. The van der Waals surface area contributed by atoms with Crippen molar-refractivity contribution in [3.63, 3.8) is 0 Å². The monoisotopic (exact) mass is 447 g/mol. The topological polar surface area (TPSA) is 47.5 Å². The quantitative estimate of drug-likeness (QED) is 0.379. The summed E-state index contributed by atoms with van der Waals surface area (Å²) in [7, 11) is 2.06. The van der Waals surface area contributed by atoms with Crippen LogP contribution >= 0.6 is 0 Å². The average molecular weight is 448 g/mol. The number of ether oxygens (including phenoxy) is 2. The molecule has 6 heteroatoms. The lowest BCUT2D eigenvalue weighted by atomic mass is 10.00. The van der Waals surface area contributed by atoms with Crippen LogP contribution in [-0.4, -0.2) is 17.0 Å². The van der Waals surface area contributed by atoms with Crippen LogP contribution in [0.4, 0.5) is 10.1 Å². The maximum Gasteiger partial charge on any atom is 0.134 e. The van der Waals surface area contributed by atoms with E-state index in [1.807, 2.05) is 31.2 Å². The Hall–Kier alpha value is -3.41. The first-order valence-electron chi connectivity index (χ1n) is 11.4. The van der Waals surface area contributed by atoms with Gasteiger partial charge in [-0.25, -0.2) is 14.4 Å². The van der Waals surface area contributed by atoms with E-state index in [0.717, 1.165) is 11.3 Å². The van der Waals surface area contributed by atoms with Crippen LogP contribution < -0.4 is 14.4 Å². The molecule has 0 aliphatic heterocycles. The Labute approximate surface area is 194 Å². The predicted octanol–water partition coefficient (Wildman–Crippen LogP) is 6.83. The lowest BCUT2D eigenvalue weighted by molar-refractivity contribution is 0.301. The highest BCUT2D eigenvalue weighted by molar-refractivity contribution is 5.52. The summed E-state index contributed by atoms with van der Waals surface area (Å²) in [6.45, 7) is 4.29. The van der Waals surface area contributed by atoms with Gasteiger partial charge in [-0.15, -0.1) is 0 Å². The first-order valence-corrected chi connectivity index (χ1v) is 11.4. The van der Waals surface area contributed by atoms with Crippen LogP contribution in [0.5, 0.6) is 17.2 Å². The Bertz CT molecular complexity index is 1090. The van der Waals surface area contributed by atoms with Gasteiger partial charge in [-0.1, -0.05) is 18.4 Å².